The van der Waals surface area contributed by atoms with Gasteiger partial charge in [-0.1, -0.05) is 6.08 Å². The molecule has 0 spiro atoms. The van der Waals surface area contributed by atoms with Crippen LogP contribution in [0.15, 0.2) is 6.08 Å². The Kier molecular flexibility index (Phi) is 17.3. The molecule has 26 heavy (non-hydrogen) atoms. The molecule has 1 aliphatic heterocycles. The van der Waals surface area contributed by atoms with Crippen LogP contribution in [0.3, 0.4) is 0 Å². The van der Waals surface area contributed by atoms with Crippen molar-refractivity contribution in [3.05, 3.63) is 11.8 Å². The number of carbonyl (C=O) groups excluding carboxylic acids is 2. The molecule has 0 bridgehead atoms. The first kappa shape index (κ1) is 28.2. The van der Waals surface area contributed by atoms with E-state index in [0.29, 0.717) is 25.7 Å². The summed E-state index contributed by atoms with van der Waals surface area (Å²) in [5, 5.41) is 17.9. The molecule has 0 aliphatic carbocycles. The van der Waals surface area contributed by atoms with Crippen molar-refractivity contribution >= 4 is 29.2 Å². The van der Waals surface area contributed by atoms with Gasteiger partial charge in [0.05, 0.1) is 30.3 Å². The molecule has 2 heterocycles. The maximum Gasteiger partial charge on any atom is 1.00 e. The normalized spacial score (nSPS) is 13.2. The van der Waals surface area contributed by atoms with E-state index in [4.69, 9.17) is 29.3 Å². The molecule has 0 unspecified atom stereocenters. The number of ether oxygens (including phenoxy) is 2. The summed E-state index contributed by atoms with van der Waals surface area (Å²) < 4.78 is 19.4. The predicted octanol–water partition coefficient (Wildman–Crippen LogP) is -7.83. The van der Waals surface area contributed by atoms with Crippen LogP contribution >= 0.6 is 11.7 Å². The summed E-state index contributed by atoms with van der Waals surface area (Å²) >= 11 is 1.20. The van der Waals surface area contributed by atoms with Crippen LogP contribution < -0.4 is 74.1 Å². The van der Waals surface area contributed by atoms with Crippen molar-refractivity contribution in [2.24, 2.45) is 0 Å². The molecule has 0 saturated heterocycles. The van der Waals surface area contributed by atoms with Crippen molar-refractivity contribution in [2.75, 3.05) is 40.0 Å². The molecule has 0 fully saturated rings. The summed E-state index contributed by atoms with van der Waals surface area (Å²) in [4.78, 5) is 20.1. The van der Waals surface area contributed by atoms with E-state index in [-0.39, 0.29) is 59.1 Å². The largest absolute Gasteiger partial charge is 1.00 e. The Hall–Kier alpha value is -0.0400. The Labute approximate surface area is 200 Å². The van der Waals surface area contributed by atoms with E-state index in [0.717, 1.165) is 25.2 Å². The van der Waals surface area contributed by atoms with Crippen LogP contribution in [0, 0.1) is 0 Å². The third-order valence-electron chi connectivity index (χ3n) is 2.94. The number of carboxylic acids is 2. The van der Waals surface area contributed by atoms with E-state index >= 15 is 0 Å². The van der Waals surface area contributed by atoms with Gasteiger partial charge in [0, 0.05) is 19.7 Å². The third kappa shape index (κ3) is 11.0. The number of carboxylic acid groups (broad SMARTS) is 2. The standard InChI is InChI=1S/C12H19N3O2S.C2H2O4.2Na/c1-3-16-7-8-17-12-11(13-18-14-12)10-5-4-6-15(2)9-10;3-1(4)2(5)6;;/h5H,3-4,6-9H2,1-2H3;(H,3,4)(H,5,6);;/q;;2*+1/p-2. The molecule has 2 rings (SSSR count). The van der Waals surface area contributed by atoms with Gasteiger partial charge in [-0.25, -0.2) is 0 Å². The van der Waals surface area contributed by atoms with Crippen LogP contribution in [-0.4, -0.2) is 65.5 Å². The first-order valence-corrected chi connectivity index (χ1v) is 8.02. The number of rotatable bonds is 6. The van der Waals surface area contributed by atoms with Gasteiger partial charge in [0.2, 0.25) is 0 Å². The molecule has 0 amide bonds. The number of likely N-dealkylation sites (N-methyl/N-ethyl adjacent to an activating group) is 1. The van der Waals surface area contributed by atoms with Gasteiger partial charge in [-0.3, -0.25) is 0 Å². The molecule has 12 heteroatoms. The van der Waals surface area contributed by atoms with Crippen LogP contribution in [0.1, 0.15) is 19.0 Å². The van der Waals surface area contributed by atoms with Gasteiger partial charge >= 0.3 is 59.1 Å². The molecular weight excluding hydrogens is 384 g/mol. The topological polar surface area (TPSA) is 128 Å². The minimum absolute atomic E-state index is 0. The summed E-state index contributed by atoms with van der Waals surface area (Å²) in [7, 11) is 2.11. The zero-order valence-electron chi connectivity index (χ0n) is 15.5. The summed E-state index contributed by atoms with van der Waals surface area (Å²) in [5.74, 6) is -3.73. The number of hydrogen-bond acceptors (Lipinski definition) is 10. The second-order valence-corrected chi connectivity index (χ2v) is 5.32. The molecule has 0 saturated carbocycles. The maximum absolute atomic E-state index is 8.93. The first-order valence-electron chi connectivity index (χ1n) is 7.29. The second kappa shape index (κ2) is 16.0. The summed E-state index contributed by atoms with van der Waals surface area (Å²) in [6, 6.07) is 0. The van der Waals surface area contributed by atoms with Gasteiger partial charge in [0.15, 0.2) is 0 Å². The number of carbonyl (C=O) groups is 2. The summed E-state index contributed by atoms with van der Waals surface area (Å²) in [5.41, 5.74) is 2.10. The van der Waals surface area contributed by atoms with Gasteiger partial charge in [0.1, 0.15) is 12.3 Å². The van der Waals surface area contributed by atoms with Gasteiger partial charge in [-0.15, -0.1) is 4.37 Å². The van der Waals surface area contributed by atoms with E-state index < -0.39 is 11.9 Å². The van der Waals surface area contributed by atoms with Gasteiger partial charge in [-0.2, -0.15) is 4.37 Å². The summed E-state index contributed by atoms with van der Waals surface area (Å²) in [6.07, 6.45) is 3.29. The van der Waals surface area contributed by atoms with Gasteiger partial charge in [-0.05, 0) is 26.0 Å². The van der Waals surface area contributed by atoms with Crippen molar-refractivity contribution in [3.8, 4) is 5.88 Å². The maximum atomic E-state index is 8.93. The molecule has 0 aromatic carbocycles. The molecule has 134 valence electrons. The van der Waals surface area contributed by atoms with E-state index in [9.17, 15) is 0 Å². The molecule has 9 nitrogen and oxygen atoms in total. The molecular formula is C14H19N3Na2O6S. The zero-order valence-corrected chi connectivity index (χ0v) is 20.3. The van der Waals surface area contributed by atoms with Gasteiger partial charge in [0.25, 0.3) is 5.88 Å². The van der Waals surface area contributed by atoms with E-state index in [1.54, 1.807) is 0 Å². The Morgan fingerprint density at radius 1 is 1.23 bits per heavy atom. The minimum atomic E-state index is -2.19. The molecule has 0 N–H and O–H groups in total. The molecule has 1 aromatic rings. The average Bonchev–Trinajstić information content (AvgIpc) is 3.00. The van der Waals surface area contributed by atoms with E-state index in [2.05, 4.69) is 26.8 Å². The average molecular weight is 403 g/mol. The fraction of sp³-hybridized carbons (Fsp3) is 0.571. The monoisotopic (exact) mass is 403 g/mol. The smallest absolute Gasteiger partial charge is 0.543 e. The number of aliphatic carboxylic acids is 2. The zero-order chi connectivity index (χ0) is 17.9. The van der Waals surface area contributed by atoms with Gasteiger partial charge < -0.3 is 34.2 Å². The molecule has 0 atom stereocenters. The number of nitrogens with zero attached hydrogens (tertiary/aromatic N) is 3. The van der Waals surface area contributed by atoms with Crippen molar-refractivity contribution in [2.45, 2.75) is 13.3 Å². The predicted molar refractivity (Wildman–Crippen MR) is 82.0 cm³/mol. The number of aromatic nitrogens is 2. The Bertz CT molecular complexity index is 573. The molecule has 1 aliphatic rings. The van der Waals surface area contributed by atoms with Crippen LogP contribution in [0.2, 0.25) is 0 Å². The minimum Gasteiger partial charge on any atom is -0.543 e. The van der Waals surface area contributed by atoms with Crippen LogP contribution in [0.25, 0.3) is 5.57 Å². The van der Waals surface area contributed by atoms with E-state index in [1.165, 1.54) is 17.3 Å². The third-order valence-corrected chi connectivity index (χ3v) is 3.45. The van der Waals surface area contributed by atoms with Crippen molar-refractivity contribution in [3.63, 3.8) is 0 Å². The van der Waals surface area contributed by atoms with Crippen LogP contribution in [0.5, 0.6) is 5.88 Å². The van der Waals surface area contributed by atoms with Crippen LogP contribution in [-0.2, 0) is 14.3 Å². The van der Waals surface area contributed by atoms with Crippen molar-refractivity contribution in [1.29, 1.82) is 0 Å². The Balaban J connectivity index is 0. The fourth-order valence-electron chi connectivity index (χ4n) is 1.88. The van der Waals surface area contributed by atoms with Crippen molar-refractivity contribution < 1.29 is 88.4 Å². The summed E-state index contributed by atoms with van der Waals surface area (Å²) in [6.45, 7) is 5.80. The van der Waals surface area contributed by atoms with Crippen LogP contribution in [0.4, 0.5) is 0 Å². The Morgan fingerprint density at radius 3 is 2.42 bits per heavy atom. The Morgan fingerprint density at radius 2 is 1.88 bits per heavy atom. The first-order chi connectivity index (χ1) is 11.5. The van der Waals surface area contributed by atoms with Crippen molar-refractivity contribution in [1.82, 2.24) is 13.6 Å². The SMILES string of the molecule is CCOCCOc1nsnc1C1=CCCN(C)C1.O=C([O-])C(=O)[O-].[Na+].[Na+]. The molecule has 0 radical (unpaired) electrons. The van der Waals surface area contributed by atoms with E-state index in [1.807, 2.05) is 6.92 Å². The second-order valence-electron chi connectivity index (χ2n) is 4.79. The number of hydrogen-bond donors (Lipinski definition) is 0. The quantitative estimate of drug-likeness (QED) is 0.258. The molecule has 1 aromatic heterocycles. The fourth-order valence-corrected chi connectivity index (χ4v) is 2.41.